The zero-order valence-electron chi connectivity index (χ0n) is 10.3. The van der Waals surface area contributed by atoms with Gasteiger partial charge >= 0.3 is 0 Å². The van der Waals surface area contributed by atoms with Crippen molar-refractivity contribution < 1.29 is 4.74 Å². The molecule has 94 valence electrons. The zero-order valence-corrected chi connectivity index (χ0v) is 11.1. The Morgan fingerprint density at radius 1 is 1.35 bits per heavy atom. The number of nitrogens with one attached hydrogen (secondary N) is 1. The van der Waals surface area contributed by atoms with Gasteiger partial charge in [-0.25, -0.2) is 0 Å². The smallest absolute Gasteiger partial charge is 0.230 e. The lowest BCUT2D eigenvalue weighted by atomic mass is 10.4. The van der Waals surface area contributed by atoms with Crippen molar-refractivity contribution >= 4 is 23.7 Å². The van der Waals surface area contributed by atoms with Crippen molar-refractivity contribution in [1.82, 2.24) is 15.0 Å². The molecule has 0 saturated carbocycles. The molecule has 6 nitrogen and oxygen atoms in total. The van der Waals surface area contributed by atoms with Crippen molar-refractivity contribution in [2.75, 3.05) is 44.1 Å². The molecule has 2 heterocycles. The Labute approximate surface area is 105 Å². The summed E-state index contributed by atoms with van der Waals surface area (Å²) in [4.78, 5) is 15.0. The summed E-state index contributed by atoms with van der Waals surface area (Å²) in [5.41, 5.74) is 0. The fourth-order valence-electron chi connectivity index (χ4n) is 1.27. The van der Waals surface area contributed by atoms with Crippen LogP contribution in [0.3, 0.4) is 0 Å². The minimum Gasteiger partial charge on any atom is -0.379 e. The molecule has 1 fully saturated rings. The van der Waals surface area contributed by atoms with Gasteiger partial charge in [0.05, 0.1) is 18.5 Å². The van der Waals surface area contributed by atoms with Crippen LogP contribution in [0.25, 0.3) is 0 Å². The average Bonchev–Trinajstić information content (AvgIpc) is 2.24. The van der Waals surface area contributed by atoms with Crippen molar-refractivity contribution in [2.45, 2.75) is 17.3 Å². The van der Waals surface area contributed by atoms with Crippen molar-refractivity contribution in [2.24, 2.45) is 0 Å². The van der Waals surface area contributed by atoms with Gasteiger partial charge in [-0.1, -0.05) is 11.8 Å². The lowest BCUT2D eigenvalue weighted by Crippen LogP contribution is -2.30. The summed E-state index contributed by atoms with van der Waals surface area (Å²) in [7, 11) is 3.85. The molecule has 0 bridgehead atoms. The van der Waals surface area contributed by atoms with Crippen molar-refractivity contribution in [3.63, 3.8) is 0 Å². The van der Waals surface area contributed by atoms with Crippen molar-refractivity contribution in [3.05, 3.63) is 0 Å². The van der Waals surface area contributed by atoms with Crippen LogP contribution in [0.4, 0.5) is 11.9 Å². The maximum atomic E-state index is 5.14. The number of hydrogen-bond acceptors (Lipinski definition) is 7. The number of rotatable bonds is 5. The van der Waals surface area contributed by atoms with E-state index in [2.05, 4.69) is 20.3 Å². The summed E-state index contributed by atoms with van der Waals surface area (Å²) in [6.07, 6.45) is 0. The summed E-state index contributed by atoms with van der Waals surface area (Å²) in [5, 5.41) is 4.35. The lowest BCUT2D eigenvalue weighted by Gasteiger charge is -2.24. The van der Waals surface area contributed by atoms with E-state index in [0.29, 0.717) is 17.1 Å². The molecule has 7 heteroatoms. The van der Waals surface area contributed by atoms with E-state index in [1.807, 2.05) is 25.9 Å². The number of hydrogen-bond donors (Lipinski definition) is 1. The van der Waals surface area contributed by atoms with Gasteiger partial charge in [-0.15, -0.1) is 0 Å². The van der Waals surface area contributed by atoms with Crippen LogP contribution in [-0.2, 0) is 4.74 Å². The van der Waals surface area contributed by atoms with Crippen LogP contribution in [0.1, 0.15) is 6.92 Å². The molecule has 1 aliphatic heterocycles. The van der Waals surface area contributed by atoms with E-state index < -0.39 is 0 Å². The van der Waals surface area contributed by atoms with E-state index in [1.165, 1.54) is 0 Å². The quantitative estimate of drug-likeness (QED) is 0.837. The molecular formula is C10H17N5OS. The van der Waals surface area contributed by atoms with E-state index in [1.54, 1.807) is 11.8 Å². The Morgan fingerprint density at radius 3 is 2.65 bits per heavy atom. The molecule has 1 aromatic heterocycles. The predicted molar refractivity (Wildman–Crippen MR) is 68.8 cm³/mol. The van der Waals surface area contributed by atoms with E-state index in [9.17, 15) is 0 Å². The van der Waals surface area contributed by atoms with Crippen molar-refractivity contribution in [3.8, 4) is 0 Å². The van der Waals surface area contributed by atoms with Gasteiger partial charge in [0.25, 0.3) is 0 Å². The minimum absolute atomic E-state index is 0.474. The molecular weight excluding hydrogens is 238 g/mol. The van der Waals surface area contributed by atoms with Gasteiger partial charge in [-0.2, -0.15) is 15.0 Å². The summed E-state index contributed by atoms with van der Waals surface area (Å²) >= 11 is 1.65. The van der Waals surface area contributed by atoms with Gasteiger partial charge < -0.3 is 15.0 Å². The third kappa shape index (κ3) is 3.19. The highest BCUT2D eigenvalue weighted by molar-refractivity contribution is 7.99. The standard InChI is InChI=1S/C10H17N5OS/c1-4-11-8-12-9(15(2)3)14-10(13-8)17-7-5-16-6-7/h7H,4-6H2,1-3H3,(H,11,12,13,14). The maximum absolute atomic E-state index is 5.14. The number of aromatic nitrogens is 3. The van der Waals surface area contributed by atoms with Crippen LogP contribution in [0, 0.1) is 0 Å². The Balaban J connectivity index is 2.16. The molecule has 0 spiro atoms. The number of thioether (sulfide) groups is 1. The normalized spacial score (nSPS) is 15.5. The van der Waals surface area contributed by atoms with E-state index in [0.717, 1.165) is 24.9 Å². The fraction of sp³-hybridized carbons (Fsp3) is 0.700. The molecule has 1 N–H and O–H groups in total. The first-order valence-corrected chi connectivity index (χ1v) is 6.48. The molecule has 0 radical (unpaired) electrons. The third-order valence-corrected chi connectivity index (χ3v) is 3.22. The molecule has 0 unspecified atom stereocenters. The minimum atomic E-state index is 0.474. The van der Waals surface area contributed by atoms with Crippen LogP contribution in [0.2, 0.25) is 0 Å². The molecule has 1 aliphatic rings. The highest BCUT2D eigenvalue weighted by atomic mass is 32.2. The molecule has 0 aromatic carbocycles. The Hall–Kier alpha value is -1.08. The maximum Gasteiger partial charge on any atom is 0.230 e. The van der Waals surface area contributed by atoms with Crippen LogP contribution < -0.4 is 10.2 Å². The molecule has 1 aromatic rings. The topological polar surface area (TPSA) is 63.2 Å². The van der Waals surface area contributed by atoms with Gasteiger partial charge in [-0.05, 0) is 6.92 Å². The highest BCUT2D eigenvalue weighted by Gasteiger charge is 2.22. The van der Waals surface area contributed by atoms with Gasteiger partial charge in [0.2, 0.25) is 11.9 Å². The highest BCUT2D eigenvalue weighted by Crippen LogP contribution is 2.26. The molecule has 0 atom stereocenters. The van der Waals surface area contributed by atoms with E-state index in [4.69, 9.17) is 4.74 Å². The zero-order chi connectivity index (χ0) is 12.3. The molecule has 1 saturated heterocycles. The average molecular weight is 255 g/mol. The second-order valence-electron chi connectivity index (χ2n) is 3.94. The van der Waals surface area contributed by atoms with Gasteiger partial charge in [0.15, 0.2) is 5.16 Å². The first kappa shape index (κ1) is 12.4. The van der Waals surface area contributed by atoms with Gasteiger partial charge in [0.1, 0.15) is 0 Å². The summed E-state index contributed by atoms with van der Waals surface area (Å²) in [6.45, 7) is 4.38. The first-order chi connectivity index (χ1) is 8.19. The lowest BCUT2D eigenvalue weighted by molar-refractivity contribution is 0.0454. The first-order valence-electron chi connectivity index (χ1n) is 5.60. The largest absolute Gasteiger partial charge is 0.379 e. The van der Waals surface area contributed by atoms with Crippen molar-refractivity contribution in [1.29, 1.82) is 0 Å². The summed E-state index contributed by atoms with van der Waals surface area (Å²) in [6, 6.07) is 0. The SMILES string of the molecule is CCNc1nc(SC2COC2)nc(N(C)C)n1. The molecule has 17 heavy (non-hydrogen) atoms. The molecule has 0 amide bonds. The van der Waals surface area contributed by atoms with Crippen LogP contribution >= 0.6 is 11.8 Å². The third-order valence-electron chi connectivity index (χ3n) is 2.22. The summed E-state index contributed by atoms with van der Waals surface area (Å²) in [5.74, 6) is 1.31. The molecule has 2 rings (SSSR count). The Morgan fingerprint density at radius 2 is 2.12 bits per heavy atom. The van der Waals surface area contributed by atoms with E-state index >= 15 is 0 Å². The number of nitrogens with zero attached hydrogens (tertiary/aromatic N) is 4. The van der Waals surface area contributed by atoms with Crippen LogP contribution in [-0.4, -0.2) is 54.1 Å². The van der Waals surface area contributed by atoms with E-state index in [-0.39, 0.29) is 0 Å². The second kappa shape index (κ2) is 5.50. The van der Waals surface area contributed by atoms with Crippen LogP contribution in [0.15, 0.2) is 5.16 Å². The fourth-order valence-corrected chi connectivity index (χ4v) is 2.17. The van der Waals surface area contributed by atoms with Gasteiger partial charge in [0, 0.05) is 20.6 Å². The summed E-state index contributed by atoms with van der Waals surface area (Å²) < 4.78 is 5.14. The number of ether oxygens (including phenoxy) is 1. The Kier molecular flexibility index (Phi) is 4.01. The number of anilines is 2. The van der Waals surface area contributed by atoms with Gasteiger partial charge in [-0.3, -0.25) is 0 Å². The van der Waals surface area contributed by atoms with Crippen LogP contribution in [0.5, 0.6) is 0 Å². The second-order valence-corrected chi connectivity index (χ2v) is 5.21. The molecule has 0 aliphatic carbocycles. The Bertz CT molecular complexity index is 383. The monoisotopic (exact) mass is 255 g/mol. The predicted octanol–water partition coefficient (Wildman–Crippen LogP) is 0.860.